The maximum atomic E-state index is 12.0. The molecule has 0 radical (unpaired) electrons. The Morgan fingerprint density at radius 3 is 2.79 bits per heavy atom. The number of benzene rings is 1. The van der Waals surface area contributed by atoms with Crippen LogP contribution in [-0.2, 0) is 4.74 Å². The third-order valence-electron chi connectivity index (χ3n) is 2.60. The van der Waals surface area contributed by atoms with E-state index in [1.54, 1.807) is 24.4 Å². The van der Waals surface area contributed by atoms with Crippen LogP contribution in [0.3, 0.4) is 0 Å². The molecule has 1 aromatic carbocycles. The number of ether oxygens (including phenoxy) is 2. The lowest BCUT2D eigenvalue weighted by molar-refractivity contribution is 0.0380. The molecule has 2 rings (SSSR count). The van der Waals surface area contributed by atoms with Crippen LogP contribution in [0.1, 0.15) is 31.1 Å². The van der Waals surface area contributed by atoms with Crippen LogP contribution in [0.4, 0.5) is 0 Å². The van der Waals surface area contributed by atoms with Crippen LogP contribution in [-0.4, -0.2) is 23.7 Å². The van der Waals surface area contributed by atoms with E-state index in [4.69, 9.17) is 9.47 Å². The molecule has 0 bridgehead atoms. The zero-order valence-corrected chi connectivity index (χ0v) is 11.3. The first-order chi connectivity index (χ1) is 9.13. The third-order valence-corrected chi connectivity index (χ3v) is 2.60. The van der Waals surface area contributed by atoms with Crippen molar-refractivity contribution >= 4 is 16.9 Å². The second kappa shape index (κ2) is 5.69. The van der Waals surface area contributed by atoms with E-state index in [-0.39, 0.29) is 12.1 Å². The van der Waals surface area contributed by atoms with Gasteiger partial charge in [-0.3, -0.25) is 4.98 Å². The van der Waals surface area contributed by atoms with Crippen molar-refractivity contribution < 1.29 is 14.3 Å². The van der Waals surface area contributed by atoms with Gasteiger partial charge in [0.1, 0.15) is 11.3 Å². The van der Waals surface area contributed by atoms with E-state index in [0.717, 1.165) is 5.39 Å². The lowest BCUT2D eigenvalue weighted by atomic mass is 10.1. The summed E-state index contributed by atoms with van der Waals surface area (Å²) in [6.07, 6.45) is 1.54. The van der Waals surface area contributed by atoms with Crippen molar-refractivity contribution in [2.75, 3.05) is 6.61 Å². The van der Waals surface area contributed by atoms with Gasteiger partial charge >= 0.3 is 5.97 Å². The summed E-state index contributed by atoms with van der Waals surface area (Å²) < 4.78 is 10.8. The maximum absolute atomic E-state index is 12.0. The van der Waals surface area contributed by atoms with Crippen molar-refractivity contribution in [3.63, 3.8) is 0 Å². The number of hydrogen-bond donors (Lipinski definition) is 0. The van der Waals surface area contributed by atoms with Gasteiger partial charge in [0, 0.05) is 11.6 Å². The molecule has 0 fully saturated rings. The molecule has 1 aromatic heterocycles. The molecule has 0 amide bonds. The molecule has 0 atom stereocenters. The highest BCUT2D eigenvalue weighted by molar-refractivity contribution is 6.05. The SMILES string of the molecule is CCOc1ccc(C(=O)OC(C)C)c2cccnc12. The summed E-state index contributed by atoms with van der Waals surface area (Å²) in [7, 11) is 0. The zero-order valence-electron chi connectivity index (χ0n) is 11.3. The minimum Gasteiger partial charge on any atom is -0.492 e. The van der Waals surface area contributed by atoms with E-state index in [1.807, 2.05) is 26.8 Å². The number of pyridine rings is 1. The van der Waals surface area contributed by atoms with Crippen LogP contribution in [0.25, 0.3) is 10.9 Å². The molecule has 0 unspecified atom stereocenters. The Bertz CT molecular complexity index is 593. The lowest BCUT2D eigenvalue weighted by Gasteiger charge is -2.12. The minimum absolute atomic E-state index is 0.147. The molecule has 0 spiro atoms. The number of fused-ring (bicyclic) bond motifs is 1. The highest BCUT2D eigenvalue weighted by Gasteiger charge is 2.15. The molecule has 0 aliphatic heterocycles. The monoisotopic (exact) mass is 259 g/mol. The minimum atomic E-state index is -0.337. The summed E-state index contributed by atoms with van der Waals surface area (Å²) in [6, 6.07) is 7.13. The molecule has 0 saturated heterocycles. The molecule has 0 N–H and O–H groups in total. The second-order valence-electron chi connectivity index (χ2n) is 4.40. The molecule has 0 aliphatic carbocycles. The van der Waals surface area contributed by atoms with Crippen LogP contribution in [0.5, 0.6) is 5.75 Å². The predicted molar refractivity (Wildman–Crippen MR) is 73.5 cm³/mol. The lowest BCUT2D eigenvalue weighted by Crippen LogP contribution is -2.12. The van der Waals surface area contributed by atoms with E-state index in [2.05, 4.69) is 4.98 Å². The molecular formula is C15H17NO3. The van der Waals surface area contributed by atoms with Crippen LogP contribution in [0, 0.1) is 0 Å². The van der Waals surface area contributed by atoms with Crippen LogP contribution >= 0.6 is 0 Å². The summed E-state index contributed by atoms with van der Waals surface area (Å²) in [6.45, 7) is 6.12. The zero-order chi connectivity index (χ0) is 13.8. The van der Waals surface area contributed by atoms with Gasteiger partial charge in [0.25, 0.3) is 0 Å². The Morgan fingerprint density at radius 2 is 2.11 bits per heavy atom. The summed E-state index contributed by atoms with van der Waals surface area (Å²) in [5, 5.41) is 0.749. The number of carbonyl (C=O) groups is 1. The molecule has 4 nitrogen and oxygen atoms in total. The van der Waals surface area contributed by atoms with E-state index in [1.165, 1.54) is 0 Å². The molecule has 0 aliphatic rings. The highest BCUT2D eigenvalue weighted by Crippen LogP contribution is 2.27. The first-order valence-corrected chi connectivity index (χ1v) is 6.35. The smallest absolute Gasteiger partial charge is 0.339 e. The molecular weight excluding hydrogens is 242 g/mol. The van der Waals surface area contributed by atoms with Crippen molar-refractivity contribution in [1.29, 1.82) is 0 Å². The van der Waals surface area contributed by atoms with Gasteiger partial charge in [-0.25, -0.2) is 4.79 Å². The topological polar surface area (TPSA) is 48.4 Å². The Morgan fingerprint density at radius 1 is 1.32 bits per heavy atom. The maximum Gasteiger partial charge on any atom is 0.339 e. The van der Waals surface area contributed by atoms with Gasteiger partial charge in [0.05, 0.1) is 18.3 Å². The summed E-state index contributed by atoms with van der Waals surface area (Å²) in [5.74, 6) is 0.343. The van der Waals surface area contributed by atoms with Gasteiger partial charge in [0.15, 0.2) is 0 Å². The second-order valence-corrected chi connectivity index (χ2v) is 4.40. The van der Waals surface area contributed by atoms with Crippen molar-refractivity contribution in [3.8, 4) is 5.75 Å². The van der Waals surface area contributed by atoms with Crippen molar-refractivity contribution in [3.05, 3.63) is 36.0 Å². The number of hydrogen-bond acceptors (Lipinski definition) is 4. The van der Waals surface area contributed by atoms with Crippen molar-refractivity contribution in [2.24, 2.45) is 0 Å². The Hall–Kier alpha value is -2.10. The standard InChI is InChI=1S/C15H17NO3/c1-4-18-13-8-7-12(15(17)19-10(2)3)11-6-5-9-16-14(11)13/h5-10H,4H2,1-3H3. The summed E-state index contributed by atoms with van der Waals surface area (Å²) >= 11 is 0. The van der Waals surface area contributed by atoms with Gasteiger partial charge in [-0.1, -0.05) is 6.07 Å². The fraction of sp³-hybridized carbons (Fsp3) is 0.333. The molecule has 1 heterocycles. The van der Waals surface area contributed by atoms with Gasteiger partial charge < -0.3 is 9.47 Å². The molecule has 0 saturated carbocycles. The first-order valence-electron chi connectivity index (χ1n) is 6.35. The normalized spacial score (nSPS) is 10.7. The fourth-order valence-corrected chi connectivity index (χ4v) is 1.87. The fourth-order valence-electron chi connectivity index (χ4n) is 1.87. The van der Waals surface area contributed by atoms with Gasteiger partial charge in [-0.05, 0) is 39.0 Å². The summed E-state index contributed by atoms with van der Waals surface area (Å²) in [5.41, 5.74) is 1.20. The Kier molecular flexibility index (Phi) is 4.00. The van der Waals surface area contributed by atoms with Crippen molar-refractivity contribution in [2.45, 2.75) is 26.9 Å². The van der Waals surface area contributed by atoms with Gasteiger partial charge in [0.2, 0.25) is 0 Å². The quantitative estimate of drug-likeness (QED) is 0.791. The molecule has 100 valence electrons. The number of nitrogens with zero attached hydrogens (tertiary/aromatic N) is 1. The Balaban J connectivity index is 2.52. The molecule has 4 heteroatoms. The molecule has 19 heavy (non-hydrogen) atoms. The van der Waals surface area contributed by atoms with Gasteiger partial charge in [-0.2, -0.15) is 0 Å². The highest BCUT2D eigenvalue weighted by atomic mass is 16.5. The average molecular weight is 259 g/mol. The number of rotatable bonds is 4. The van der Waals surface area contributed by atoms with Crippen LogP contribution in [0.15, 0.2) is 30.5 Å². The third kappa shape index (κ3) is 2.84. The largest absolute Gasteiger partial charge is 0.492 e. The van der Waals surface area contributed by atoms with Crippen LogP contribution < -0.4 is 4.74 Å². The van der Waals surface area contributed by atoms with Gasteiger partial charge in [-0.15, -0.1) is 0 Å². The average Bonchev–Trinajstić information content (AvgIpc) is 2.38. The number of carbonyl (C=O) groups excluding carboxylic acids is 1. The number of esters is 1. The Labute approximate surface area is 112 Å². The van der Waals surface area contributed by atoms with Crippen molar-refractivity contribution in [1.82, 2.24) is 4.98 Å². The van der Waals surface area contributed by atoms with E-state index < -0.39 is 0 Å². The van der Waals surface area contributed by atoms with E-state index in [0.29, 0.717) is 23.4 Å². The summed E-state index contributed by atoms with van der Waals surface area (Å²) in [4.78, 5) is 16.3. The predicted octanol–water partition coefficient (Wildman–Crippen LogP) is 3.20. The first kappa shape index (κ1) is 13.3. The van der Waals surface area contributed by atoms with E-state index >= 15 is 0 Å². The van der Waals surface area contributed by atoms with Crippen LogP contribution in [0.2, 0.25) is 0 Å². The van der Waals surface area contributed by atoms with E-state index in [9.17, 15) is 4.79 Å². The molecule has 2 aromatic rings. The number of aromatic nitrogens is 1.